The normalized spacial score (nSPS) is 19.1. The van der Waals surface area contributed by atoms with Crippen molar-refractivity contribution in [2.45, 2.75) is 32.2 Å². The van der Waals surface area contributed by atoms with Crippen molar-refractivity contribution >= 4 is 32.8 Å². The van der Waals surface area contributed by atoms with E-state index in [0.717, 1.165) is 29.0 Å². The number of pyridine rings is 1. The van der Waals surface area contributed by atoms with Crippen LogP contribution in [-0.4, -0.2) is 40.6 Å². The number of hydrogen-bond acceptors (Lipinski definition) is 5. The highest BCUT2D eigenvalue weighted by Crippen LogP contribution is 2.35. The van der Waals surface area contributed by atoms with Crippen molar-refractivity contribution in [3.8, 4) is 6.07 Å². The van der Waals surface area contributed by atoms with E-state index in [1.165, 1.54) is 0 Å². The molecule has 3 heterocycles. The van der Waals surface area contributed by atoms with Crippen LogP contribution in [0, 0.1) is 11.3 Å². The maximum atomic E-state index is 9.61. The van der Waals surface area contributed by atoms with Gasteiger partial charge in [0.1, 0.15) is 11.3 Å². The second kappa shape index (κ2) is 5.77. The summed E-state index contributed by atoms with van der Waals surface area (Å²) in [5, 5.41) is 14.0. The van der Waals surface area contributed by atoms with Gasteiger partial charge >= 0.3 is 0 Å². The molecule has 0 saturated carbocycles. The quantitative estimate of drug-likeness (QED) is 0.804. The highest BCUT2D eigenvalue weighted by molar-refractivity contribution is 9.10. The van der Waals surface area contributed by atoms with E-state index < -0.39 is 5.41 Å². The largest absolute Gasteiger partial charge is 0.377 e. The Kier molecular flexibility index (Phi) is 4.07. The van der Waals surface area contributed by atoms with E-state index in [1.54, 1.807) is 4.68 Å². The van der Waals surface area contributed by atoms with E-state index in [2.05, 4.69) is 38.9 Å². The van der Waals surface area contributed by atoms with Gasteiger partial charge in [-0.1, -0.05) is 0 Å². The number of anilines is 1. The summed E-state index contributed by atoms with van der Waals surface area (Å²) >= 11 is 3.49. The number of hydrogen-bond donors (Lipinski definition) is 0. The topological polar surface area (TPSA) is 67.0 Å². The van der Waals surface area contributed by atoms with Gasteiger partial charge in [0.05, 0.1) is 36.3 Å². The predicted octanol–water partition coefficient (Wildman–Crippen LogP) is 2.76. The summed E-state index contributed by atoms with van der Waals surface area (Å²) in [6, 6.07) is 4.68. The van der Waals surface area contributed by atoms with Crippen LogP contribution in [-0.2, 0) is 17.2 Å². The lowest BCUT2D eigenvalue weighted by atomic mass is 9.85. The van der Waals surface area contributed by atoms with E-state index in [0.29, 0.717) is 17.8 Å². The zero-order valence-corrected chi connectivity index (χ0v) is 15.4. The van der Waals surface area contributed by atoms with Crippen LogP contribution in [0.1, 0.15) is 26.3 Å². The number of ether oxygens (including phenoxy) is 1. The molecule has 3 rings (SSSR count). The van der Waals surface area contributed by atoms with E-state index in [1.807, 2.05) is 27.0 Å². The molecule has 0 aliphatic carbocycles. The Bertz CT molecular complexity index is 792. The van der Waals surface area contributed by atoms with Gasteiger partial charge in [-0.2, -0.15) is 10.4 Å². The number of morpholine rings is 1. The molecule has 6 nitrogen and oxygen atoms in total. The Morgan fingerprint density at radius 1 is 1.48 bits per heavy atom. The fourth-order valence-corrected chi connectivity index (χ4v) is 3.49. The second-order valence-corrected chi connectivity index (χ2v) is 7.24. The highest BCUT2D eigenvalue weighted by Gasteiger charge is 2.29. The minimum atomic E-state index is -0.626. The van der Waals surface area contributed by atoms with Gasteiger partial charge in [-0.15, -0.1) is 0 Å². The Hall–Kier alpha value is -1.65. The average molecular weight is 378 g/mol. The first kappa shape index (κ1) is 16.2. The number of nitriles is 1. The van der Waals surface area contributed by atoms with Crippen molar-refractivity contribution in [2.75, 3.05) is 24.7 Å². The third-order valence-corrected chi connectivity index (χ3v) is 4.88. The van der Waals surface area contributed by atoms with Crippen molar-refractivity contribution in [3.05, 3.63) is 16.2 Å². The molecule has 0 bridgehead atoms. The predicted molar refractivity (Wildman–Crippen MR) is 92.5 cm³/mol. The molecule has 1 fully saturated rings. The van der Waals surface area contributed by atoms with Gasteiger partial charge in [0.15, 0.2) is 4.60 Å². The lowest BCUT2D eigenvalue weighted by Crippen LogP contribution is -2.44. The fraction of sp³-hybridized carbons (Fsp3) is 0.562. The number of aromatic nitrogens is 3. The smallest absolute Gasteiger partial charge is 0.154 e. The Balaban J connectivity index is 2.25. The molecule has 23 heavy (non-hydrogen) atoms. The van der Waals surface area contributed by atoms with E-state index >= 15 is 0 Å². The molecule has 0 unspecified atom stereocenters. The van der Waals surface area contributed by atoms with Crippen molar-refractivity contribution in [2.24, 2.45) is 7.05 Å². The van der Waals surface area contributed by atoms with Crippen LogP contribution in [0.5, 0.6) is 0 Å². The lowest BCUT2D eigenvalue weighted by Gasteiger charge is -2.35. The van der Waals surface area contributed by atoms with Crippen LogP contribution in [0.25, 0.3) is 11.0 Å². The van der Waals surface area contributed by atoms with Gasteiger partial charge in [-0.25, -0.2) is 4.98 Å². The molecule has 122 valence electrons. The monoisotopic (exact) mass is 377 g/mol. The summed E-state index contributed by atoms with van der Waals surface area (Å²) in [5.74, 6) is 0.875. The van der Waals surface area contributed by atoms with Crippen LogP contribution in [0.2, 0.25) is 0 Å². The summed E-state index contributed by atoms with van der Waals surface area (Å²) in [7, 11) is 1.88. The molecule has 1 aliphatic heterocycles. The Morgan fingerprint density at radius 2 is 2.22 bits per heavy atom. The number of fused-ring (bicyclic) bond motifs is 1. The molecular weight excluding hydrogens is 358 g/mol. The molecule has 0 spiro atoms. The maximum absolute atomic E-state index is 9.61. The van der Waals surface area contributed by atoms with Gasteiger partial charge in [0.25, 0.3) is 0 Å². The van der Waals surface area contributed by atoms with Crippen molar-refractivity contribution in [1.82, 2.24) is 14.8 Å². The van der Waals surface area contributed by atoms with Crippen LogP contribution in [0.4, 0.5) is 5.82 Å². The Labute approximate surface area is 144 Å². The molecule has 2 aromatic rings. The summed E-state index contributed by atoms with van der Waals surface area (Å²) in [6.07, 6.45) is 0. The number of aryl methyl sites for hydroxylation is 1. The summed E-state index contributed by atoms with van der Waals surface area (Å²) in [4.78, 5) is 7.04. The first-order chi connectivity index (χ1) is 10.8. The lowest BCUT2D eigenvalue weighted by molar-refractivity contribution is 0.0985. The van der Waals surface area contributed by atoms with Crippen molar-refractivity contribution in [3.63, 3.8) is 0 Å². The minimum absolute atomic E-state index is 0.252. The van der Waals surface area contributed by atoms with Crippen LogP contribution in [0.15, 0.2) is 10.7 Å². The Morgan fingerprint density at radius 3 is 2.87 bits per heavy atom. The van der Waals surface area contributed by atoms with Gasteiger partial charge in [0, 0.05) is 19.2 Å². The summed E-state index contributed by atoms with van der Waals surface area (Å²) in [6.45, 7) is 8.15. The number of nitrogens with zero attached hydrogens (tertiary/aromatic N) is 5. The highest BCUT2D eigenvalue weighted by atomic mass is 79.9. The molecule has 1 saturated heterocycles. The van der Waals surface area contributed by atoms with Crippen molar-refractivity contribution < 1.29 is 4.74 Å². The van der Waals surface area contributed by atoms with Gasteiger partial charge < -0.3 is 9.64 Å². The second-order valence-electron chi connectivity index (χ2n) is 6.49. The summed E-state index contributed by atoms with van der Waals surface area (Å²) in [5.41, 5.74) is 2.01. The van der Waals surface area contributed by atoms with Crippen LogP contribution in [0.3, 0.4) is 0 Å². The van der Waals surface area contributed by atoms with Gasteiger partial charge in [-0.05, 0) is 42.8 Å². The average Bonchev–Trinajstić information content (AvgIpc) is 2.81. The number of halogens is 1. The van der Waals surface area contributed by atoms with Gasteiger partial charge in [-0.3, -0.25) is 4.68 Å². The zero-order valence-electron chi connectivity index (χ0n) is 13.8. The maximum Gasteiger partial charge on any atom is 0.154 e. The van der Waals surface area contributed by atoms with Crippen LogP contribution < -0.4 is 4.90 Å². The molecule has 7 heteroatoms. The fourth-order valence-electron chi connectivity index (χ4n) is 2.98. The minimum Gasteiger partial charge on any atom is -0.377 e. The van der Waals surface area contributed by atoms with Crippen LogP contribution >= 0.6 is 15.9 Å². The van der Waals surface area contributed by atoms with Gasteiger partial charge in [0.2, 0.25) is 0 Å². The first-order valence-electron chi connectivity index (χ1n) is 7.64. The summed E-state index contributed by atoms with van der Waals surface area (Å²) < 4.78 is 8.01. The molecule has 1 atom stereocenters. The van der Waals surface area contributed by atoms with E-state index in [4.69, 9.17) is 9.72 Å². The third-order valence-electron chi connectivity index (χ3n) is 4.35. The van der Waals surface area contributed by atoms with Crippen molar-refractivity contribution in [1.29, 1.82) is 5.26 Å². The molecule has 0 aromatic carbocycles. The molecule has 0 amide bonds. The molecule has 0 radical (unpaired) electrons. The zero-order chi connectivity index (χ0) is 16.8. The van der Waals surface area contributed by atoms with E-state index in [-0.39, 0.29) is 6.04 Å². The molecule has 1 aliphatic rings. The number of rotatable bonds is 2. The SMILES string of the molecule is C[C@@H]1COCCN1c1cc(C(C)(C)C#N)c2c(n1)c(Br)nn2C. The third kappa shape index (κ3) is 2.70. The standard InChI is InChI=1S/C16H20BrN5O/c1-10-8-23-6-5-22(10)12-7-11(16(2,3)9-18)14-13(19-12)15(17)20-21(14)4/h7,10H,5-6,8H2,1-4H3/t10-/m1/s1. The van der Waals surface area contributed by atoms with E-state index in [9.17, 15) is 5.26 Å². The molecular formula is C16H20BrN5O. The molecule has 0 N–H and O–H groups in total. The molecule has 2 aromatic heterocycles. The first-order valence-corrected chi connectivity index (χ1v) is 8.44.